The predicted octanol–water partition coefficient (Wildman–Crippen LogP) is 4.42. The number of allylic oxidation sites excluding steroid dienone is 1. The van der Waals surface area contributed by atoms with Crippen molar-refractivity contribution in [2.75, 3.05) is 0 Å². The Bertz CT molecular complexity index is 599. The van der Waals surface area contributed by atoms with Gasteiger partial charge in [-0.05, 0) is 0 Å². The van der Waals surface area contributed by atoms with Crippen LogP contribution in [0.4, 0.5) is 0 Å². The molecule has 1 atom stereocenters. The van der Waals surface area contributed by atoms with Gasteiger partial charge in [0.2, 0.25) is 0 Å². The minimum absolute atomic E-state index is 0.272. The second-order valence-corrected chi connectivity index (χ2v) is 6.01. The van der Waals surface area contributed by atoms with E-state index in [2.05, 4.69) is 78.0 Å². The van der Waals surface area contributed by atoms with E-state index in [0.29, 0.717) is 6.54 Å². The summed E-state index contributed by atoms with van der Waals surface area (Å²) in [6.45, 7) is 6.68. The first kappa shape index (κ1) is 15.8. The molecule has 0 saturated carbocycles. The fourth-order valence-corrected chi connectivity index (χ4v) is 2.83. The van der Waals surface area contributed by atoms with Crippen LogP contribution in [-0.2, 0) is 6.54 Å². The fraction of sp³-hybridized carbons (Fsp3) is 0.211. The number of hydrogen-bond acceptors (Lipinski definition) is 1. The van der Waals surface area contributed by atoms with Gasteiger partial charge in [-0.15, -0.1) is 0 Å². The Morgan fingerprint density at radius 1 is 1.14 bits per heavy atom. The van der Waals surface area contributed by atoms with E-state index in [0.717, 1.165) is 11.0 Å². The number of hydrogen-bond donors (Lipinski definition) is 0. The van der Waals surface area contributed by atoms with Crippen LogP contribution in [0.25, 0.3) is 0 Å². The summed E-state index contributed by atoms with van der Waals surface area (Å²) in [5, 5.41) is 0. The van der Waals surface area contributed by atoms with Crippen molar-refractivity contribution in [3.8, 4) is 0 Å². The molecule has 21 heavy (non-hydrogen) atoms. The Hall–Kier alpha value is -1.63. The van der Waals surface area contributed by atoms with Crippen LogP contribution < -0.4 is 0 Å². The molecular weight excluding hydrogens is 321 g/mol. The SMILES string of the molecule is C=CCC(C([Se])=NCc1ccc(C)cc1)c1ccccc1. The first-order valence-electron chi connectivity index (χ1n) is 7.13. The molecule has 0 fully saturated rings. The molecule has 0 aliphatic carbocycles. The molecule has 2 heteroatoms. The molecule has 0 saturated heterocycles. The van der Waals surface area contributed by atoms with Crippen molar-refractivity contribution in [3.63, 3.8) is 0 Å². The van der Waals surface area contributed by atoms with E-state index in [4.69, 9.17) is 4.99 Å². The number of aryl methyl sites for hydroxylation is 1. The summed E-state index contributed by atoms with van der Waals surface area (Å²) in [6, 6.07) is 19.0. The fourth-order valence-electron chi connectivity index (χ4n) is 2.20. The number of aliphatic imine (C=N–C) groups is 1. The van der Waals surface area contributed by atoms with Crippen LogP contribution in [0.3, 0.4) is 0 Å². The zero-order valence-electron chi connectivity index (χ0n) is 12.3. The molecule has 0 aromatic heterocycles. The zero-order chi connectivity index (χ0) is 15.1. The molecule has 2 rings (SSSR count). The summed E-state index contributed by atoms with van der Waals surface area (Å²) in [5.74, 6) is 0.272. The van der Waals surface area contributed by atoms with Gasteiger partial charge in [0, 0.05) is 0 Å². The zero-order valence-corrected chi connectivity index (χ0v) is 14.0. The summed E-state index contributed by atoms with van der Waals surface area (Å²) >= 11 is 3.14. The summed E-state index contributed by atoms with van der Waals surface area (Å²) < 4.78 is 1.04. The molecular formula is C19H20NSe. The monoisotopic (exact) mass is 342 g/mol. The first-order valence-corrected chi connectivity index (χ1v) is 7.99. The van der Waals surface area contributed by atoms with E-state index in [1.54, 1.807) is 0 Å². The van der Waals surface area contributed by atoms with Gasteiger partial charge >= 0.3 is 135 Å². The van der Waals surface area contributed by atoms with E-state index < -0.39 is 0 Å². The standard InChI is InChI=1S/C19H20NSe/c1-3-7-18(17-8-5-4-6-9-17)19(21)20-14-16-12-10-15(2)11-13-16/h3-6,8-13,18H,1,7,14H2,2H3. The van der Waals surface area contributed by atoms with Crippen LogP contribution in [0.15, 0.2) is 72.2 Å². The second kappa shape index (κ2) is 7.97. The molecule has 0 aliphatic rings. The summed E-state index contributed by atoms with van der Waals surface area (Å²) in [7, 11) is 0. The Morgan fingerprint density at radius 3 is 2.43 bits per heavy atom. The Morgan fingerprint density at radius 2 is 1.81 bits per heavy atom. The van der Waals surface area contributed by atoms with Gasteiger partial charge in [0.05, 0.1) is 0 Å². The summed E-state index contributed by atoms with van der Waals surface area (Å²) in [6.07, 6.45) is 2.85. The Balaban J connectivity index is 2.14. The molecule has 2 aromatic rings. The average Bonchev–Trinajstić information content (AvgIpc) is 2.52. The summed E-state index contributed by atoms with van der Waals surface area (Å²) in [5.41, 5.74) is 3.79. The van der Waals surface area contributed by atoms with Gasteiger partial charge in [0.15, 0.2) is 0 Å². The van der Waals surface area contributed by atoms with E-state index in [1.165, 1.54) is 16.7 Å². The number of rotatable bonds is 6. The normalized spacial score (nSPS) is 12.9. The van der Waals surface area contributed by atoms with Crippen molar-refractivity contribution in [1.82, 2.24) is 0 Å². The van der Waals surface area contributed by atoms with Crippen LogP contribution >= 0.6 is 0 Å². The molecule has 0 N–H and O–H groups in total. The molecule has 1 nitrogen and oxygen atoms in total. The summed E-state index contributed by atoms with van der Waals surface area (Å²) in [4.78, 5) is 4.73. The number of nitrogens with zero attached hydrogens (tertiary/aromatic N) is 1. The van der Waals surface area contributed by atoms with E-state index in [9.17, 15) is 0 Å². The van der Waals surface area contributed by atoms with Crippen molar-refractivity contribution >= 4 is 20.6 Å². The van der Waals surface area contributed by atoms with Crippen molar-refractivity contribution in [2.24, 2.45) is 4.99 Å². The Labute approximate surface area is 135 Å². The topological polar surface area (TPSA) is 12.4 Å². The van der Waals surface area contributed by atoms with Gasteiger partial charge in [-0.1, -0.05) is 0 Å². The number of benzene rings is 2. The molecule has 0 aliphatic heterocycles. The molecule has 0 heterocycles. The molecule has 0 spiro atoms. The first-order chi connectivity index (χ1) is 10.2. The van der Waals surface area contributed by atoms with E-state index in [1.807, 2.05) is 12.1 Å². The molecule has 107 valence electrons. The predicted molar refractivity (Wildman–Crippen MR) is 92.1 cm³/mol. The van der Waals surface area contributed by atoms with Gasteiger partial charge in [-0.25, -0.2) is 0 Å². The third-order valence-electron chi connectivity index (χ3n) is 3.44. The van der Waals surface area contributed by atoms with Crippen LogP contribution in [-0.4, -0.2) is 20.6 Å². The molecule has 1 radical (unpaired) electrons. The van der Waals surface area contributed by atoms with Crippen molar-refractivity contribution in [1.29, 1.82) is 0 Å². The van der Waals surface area contributed by atoms with Gasteiger partial charge in [0.25, 0.3) is 0 Å². The Kier molecular flexibility index (Phi) is 5.98. The average molecular weight is 341 g/mol. The third-order valence-corrected chi connectivity index (χ3v) is 4.31. The maximum atomic E-state index is 4.73. The van der Waals surface area contributed by atoms with Crippen LogP contribution in [0.2, 0.25) is 0 Å². The quantitative estimate of drug-likeness (QED) is 0.419. The maximum absolute atomic E-state index is 4.73. The second-order valence-electron chi connectivity index (χ2n) is 5.13. The van der Waals surface area contributed by atoms with Gasteiger partial charge in [-0.2, -0.15) is 0 Å². The van der Waals surface area contributed by atoms with E-state index >= 15 is 0 Å². The molecule has 0 bridgehead atoms. The van der Waals surface area contributed by atoms with Crippen molar-refractivity contribution in [2.45, 2.75) is 25.8 Å². The third kappa shape index (κ3) is 4.70. The van der Waals surface area contributed by atoms with Gasteiger partial charge < -0.3 is 0 Å². The van der Waals surface area contributed by atoms with Gasteiger partial charge in [-0.3, -0.25) is 0 Å². The van der Waals surface area contributed by atoms with Crippen molar-refractivity contribution in [3.05, 3.63) is 83.9 Å². The van der Waals surface area contributed by atoms with Crippen molar-refractivity contribution < 1.29 is 0 Å². The minimum atomic E-state index is 0.272. The van der Waals surface area contributed by atoms with Crippen LogP contribution in [0, 0.1) is 6.92 Å². The van der Waals surface area contributed by atoms with Crippen LogP contribution in [0.1, 0.15) is 29.0 Å². The molecule has 0 amide bonds. The van der Waals surface area contributed by atoms with Crippen LogP contribution in [0.5, 0.6) is 0 Å². The van der Waals surface area contributed by atoms with E-state index in [-0.39, 0.29) is 5.92 Å². The molecule has 2 aromatic carbocycles. The van der Waals surface area contributed by atoms with Gasteiger partial charge in [0.1, 0.15) is 0 Å². The molecule has 1 unspecified atom stereocenters.